The maximum absolute atomic E-state index is 13.3. The van der Waals surface area contributed by atoms with E-state index in [1.807, 2.05) is 30.3 Å². The number of halogens is 3. The Kier molecular flexibility index (Phi) is 7.51. The molecule has 1 aliphatic carbocycles. The highest BCUT2D eigenvalue weighted by molar-refractivity contribution is 5.83. The van der Waals surface area contributed by atoms with Gasteiger partial charge in [0.1, 0.15) is 5.75 Å². The fourth-order valence-electron chi connectivity index (χ4n) is 5.30. The normalized spacial score (nSPS) is 18.9. The molecule has 2 aromatic heterocycles. The number of nitrogens with zero attached hydrogens (tertiary/aromatic N) is 3. The van der Waals surface area contributed by atoms with E-state index in [1.165, 1.54) is 12.1 Å². The lowest BCUT2D eigenvalue weighted by molar-refractivity contribution is -0.137. The van der Waals surface area contributed by atoms with Gasteiger partial charge in [0, 0.05) is 24.3 Å². The molecule has 1 atom stereocenters. The average Bonchev–Trinajstić information content (AvgIpc) is 3.40. The van der Waals surface area contributed by atoms with Gasteiger partial charge in [-0.1, -0.05) is 5.10 Å². The molecule has 2 heterocycles. The van der Waals surface area contributed by atoms with Crippen molar-refractivity contribution in [2.45, 2.75) is 43.8 Å². The maximum Gasteiger partial charge on any atom is 0.416 e. The first-order valence-electron chi connectivity index (χ1n) is 12.5. The Morgan fingerprint density at radius 1 is 1.00 bits per heavy atom. The van der Waals surface area contributed by atoms with Crippen molar-refractivity contribution in [1.82, 2.24) is 15.2 Å². The summed E-state index contributed by atoms with van der Waals surface area (Å²) < 4.78 is 56.6. The number of fused-ring (bicyclic) bond motifs is 1. The van der Waals surface area contributed by atoms with Gasteiger partial charge in [0.25, 0.3) is 0 Å². The lowest BCUT2D eigenvalue weighted by Crippen LogP contribution is -2.35. The van der Waals surface area contributed by atoms with Gasteiger partial charge in [-0.05, 0) is 91.6 Å². The van der Waals surface area contributed by atoms with E-state index in [0.29, 0.717) is 29.4 Å². The van der Waals surface area contributed by atoms with Gasteiger partial charge < -0.3 is 19.2 Å². The lowest BCUT2D eigenvalue weighted by Gasteiger charge is -2.34. The summed E-state index contributed by atoms with van der Waals surface area (Å²) in [4.78, 5) is 4.28. The molecule has 7 nitrogen and oxygen atoms in total. The monoisotopic (exact) mass is 526 g/mol. The summed E-state index contributed by atoms with van der Waals surface area (Å²) in [5.74, 6) is 1.58. The molecule has 1 saturated carbocycles. The minimum Gasteiger partial charge on any atom is -0.497 e. The zero-order valence-electron chi connectivity index (χ0n) is 21.2. The van der Waals surface area contributed by atoms with E-state index in [2.05, 4.69) is 20.5 Å². The third-order valence-corrected chi connectivity index (χ3v) is 7.30. The van der Waals surface area contributed by atoms with Gasteiger partial charge in [0.2, 0.25) is 5.89 Å². The zero-order valence-corrected chi connectivity index (χ0v) is 21.2. The first kappa shape index (κ1) is 26.0. The number of alkyl halides is 3. The van der Waals surface area contributed by atoms with Crippen LogP contribution in [0.1, 0.15) is 42.7 Å². The fourth-order valence-corrected chi connectivity index (χ4v) is 5.30. The molecule has 0 spiro atoms. The molecular weight excluding hydrogens is 497 g/mol. The van der Waals surface area contributed by atoms with Crippen LogP contribution in [0.2, 0.25) is 0 Å². The smallest absolute Gasteiger partial charge is 0.416 e. The highest BCUT2D eigenvalue weighted by Crippen LogP contribution is 2.41. The van der Waals surface area contributed by atoms with Gasteiger partial charge in [-0.2, -0.15) is 13.2 Å². The number of ether oxygens (including phenoxy) is 2. The van der Waals surface area contributed by atoms with E-state index < -0.39 is 11.7 Å². The number of aromatic nitrogens is 3. The molecular formula is C28H29F3N4O3. The van der Waals surface area contributed by atoms with E-state index in [0.717, 1.165) is 48.6 Å². The molecule has 10 heteroatoms. The van der Waals surface area contributed by atoms with E-state index in [1.54, 1.807) is 20.4 Å². The standard InChI is InChI=1S/C28H29F3N4O3/c1-36-16-25(33-27-35-34-26(38-27)19-7-10-21(37-2)11-8-19)18-5-3-17(4-6-18)22-13-14-32-24-12-9-20(15-23(22)24)28(29,30)31/h7-15,17-18,25H,3-6,16H2,1-2H3,(H,33,35). The summed E-state index contributed by atoms with van der Waals surface area (Å²) in [6.45, 7) is 0.461. The Morgan fingerprint density at radius 2 is 1.76 bits per heavy atom. The summed E-state index contributed by atoms with van der Waals surface area (Å²) in [6, 6.07) is 13.3. The van der Waals surface area contributed by atoms with Crippen molar-refractivity contribution in [3.05, 3.63) is 65.9 Å². The van der Waals surface area contributed by atoms with Crippen LogP contribution in [0.4, 0.5) is 19.2 Å². The molecule has 1 aliphatic rings. The third-order valence-electron chi connectivity index (χ3n) is 7.30. The van der Waals surface area contributed by atoms with Gasteiger partial charge in [-0.25, -0.2) is 0 Å². The number of hydrogen-bond donors (Lipinski definition) is 1. The van der Waals surface area contributed by atoms with Gasteiger partial charge in [-0.3, -0.25) is 4.98 Å². The van der Waals surface area contributed by atoms with E-state index >= 15 is 0 Å². The summed E-state index contributed by atoms with van der Waals surface area (Å²) in [5, 5.41) is 12.2. The summed E-state index contributed by atoms with van der Waals surface area (Å²) in [7, 11) is 3.26. The molecule has 0 bridgehead atoms. The molecule has 1 unspecified atom stereocenters. The van der Waals surface area contributed by atoms with Crippen LogP contribution < -0.4 is 10.1 Å². The van der Waals surface area contributed by atoms with Gasteiger partial charge in [0.15, 0.2) is 0 Å². The number of benzene rings is 2. The Balaban J connectivity index is 1.27. The second-order valence-corrected chi connectivity index (χ2v) is 9.59. The first-order chi connectivity index (χ1) is 18.4. The molecule has 0 saturated heterocycles. The molecule has 1 fully saturated rings. The number of nitrogens with one attached hydrogen (secondary N) is 1. The summed E-state index contributed by atoms with van der Waals surface area (Å²) >= 11 is 0. The number of pyridine rings is 1. The molecule has 38 heavy (non-hydrogen) atoms. The number of methoxy groups -OCH3 is 2. The van der Waals surface area contributed by atoms with Crippen LogP contribution in [0.15, 0.2) is 59.1 Å². The van der Waals surface area contributed by atoms with E-state index in [9.17, 15) is 13.2 Å². The van der Waals surface area contributed by atoms with Crippen molar-refractivity contribution in [3.8, 4) is 17.2 Å². The predicted molar refractivity (Wildman–Crippen MR) is 137 cm³/mol. The second kappa shape index (κ2) is 11.0. The van der Waals surface area contributed by atoms with Crippen molar-refractivity contribution in [2.75, 3.05) is 26.1 Å². The van der Waals surface area contributed by atoms with Crippen molar-refractivity contribution in [1.29, 1.82) is 0 Å². The quantitative estimate of drug-likeness (QED) is 0.273. The molecule has 5 rings (SSSR count). The minimum atomic E-state index is -4.39. The third kappa shape index (κ3) is 5.60. The maximum atomic E-state index is 13.3. The van der Waals surface area contributed by atoms with E-state index in [-0.39, 0.29) is 17.9 Å². The molecule has 200 valence electrons. The van der Waals surface area contributed by atoms with Crippen LogP contribution in [0, 0.1) is 5.92 Å². The van der Waals surface area contributed by atoms with Crippen LogP contribution in [-0.2, 0) is 10.9 Å². The number of rotatable bonds is 8. The lowest BCUT2D eigenvalue weighted by atomic mass is 9.75. The predicted octanol–water partition coefficient (Wildman–Crippen LogP) is 6.71. The molecule has 2 aromatic carbocycles. The Labute approximate surface area is 218 Å². The second-order valence-electron chi connectivity index (χ2n) is 9.59. The van der Waals surface area contributed by atoms with E-state index in [4.69, 9.17) is 13.9 Å². The van der Waals surface area contributed by atoms with Crippen LogP contribution in [0.3, 0.4) is 0 Å². The minimum absolute atomic E-state index is 0.0452. The summed E-state index contributed by atoms with van der Waals surface area (Å²) in [6.07, 6.45) is 0.760. The summed E-state index contributed by atoms with van der Waals surface area (Å²) in [5.41, 5.74) is 1.65. The highest BCUT2D eigenvalue weighted by Gasteiger charge is 2.33. The molecule has 4 aromatic rings. The van der Waals surface area contributed by atoms with Crippen molar-refractivity contribution in [2.24, 2.45) is 5.92 Å². The molecule has 0 amide bonds. The van der Waals surface area contributed by atoms with Crippen molar-refractivity contribution < 1.29 is 27.1 Å². The van der Waals surface area contributed by atoms with Crippen LogP contribution in [-0.4, -0.2) is 42.0 Å². The van der Waals surface area contributed by atoms with Crippen molar-refractivity contribution in [3.63, 3.8) is 0 Å². The average molecular weight is 527 g/mol. The largest absolute Gasteiger partial charge is 0.497 e. The fraction of sp³-hybridized carbons (Fsp3) is 0.393. The highest BCUT2D eigenvalue weighted by atomic mass is 19.4. The van der Waals surface area contributed by atoms with Crippen molar-refractivity contribution >= 4 is 16.9 Å². The number of anilines is 1. The Morgan fingerprint density at radius 3 is 2.45 bits per heavy atom. The van der Waals surface area contributed by atoms with Gasteiger partial charge in [-0.15, -0.1) is 5.10 Å². The number of hydrogen-bond acceptors (Lipinski definition) is 7. The molecule has 0 aliphatic heterocycles. The van der Waals surface area contributed by atoms with Gasteiger partial charge >= 0.3 is 12.2 Å². The Hall–Kier alpha value is -3.66. The first-order valence-corrected chi connectivity index (χ1v) is 12.5. The van der Waals surface area contributed by atoms with Crippen LogP contribution in [0.25, 0.3) is 22.4 Å². The Bertz CT molecular complexity index is 1370. The zero-order chi connectivity index (χ0) is 26.7. The molecule has 0 radical (unpaired) electrons. The van der Waals surface area contributed by atoms with Crippen LogP contribution in [0.5, 0.6) is 5.75 Å². The van der Waals surface area contributed by atoms with Gasteiger partial charge in [0.05, 0.1) is 30.8 Å². The van der Waals surface area contributed by atoms with Crippen LogP contribution >= 0.6 is 0 Å². The topological polar surface area (TPSA) is 82.3 Å². The SMILES string of the molecule is COCC(Nc1nnc(-c2ccc(OC)cc2)o1)C1CCC(c2ccnc3ccc(C(F)(F)F)cc23)CC1. The molecule has 1 N–H and O–H groups in total.